The molecule has 20 heavy (non-hydrogen) atoms. The summed E-state index contributed by atoms with van der Waals surface area (Å²) in [4.78, 5) is 20.6. The van der Waals surface area contributed by atoms with Gasteiger partial charge in [-0.25, -0.2) is 0 Å². The van der Waals surface area contributed by atoms with Gasteiger partial charge >= 0.3 is 0 Å². The predicted octanol–water partition coefficient (Wildman–Crippen LogP) is 1.80. The van der Waals surface area contributed by atoms with E-state index in [2.05, 4.69) is 15.3 Å². The number of hydrogen-bond donors (Lipinski definition) is 2. The number of nitrogens with zero attached hydrogens (tertiary/aromatic N) is 2. The van der Waals surface area contributed by atoms with Gasteiger partial charge in [-0.1, -0.05) is 25.7 Å². The second-order valence-electron chi connectivity index (χ2n) is 5.81. The van der Waals surface area contributed by atoms with Crippen molar-refractivity contribution in [1.82, 2.24) is 15.3 Å². The first kappa shape index (κ1) is 14.9. The quantitative estimate of drug-likeness (QED) is 0.822. The maximum Gasteiger partial charge on any atom is 0.243 e. The van der Waals surface area contributed by atoms with E-state index in [0.29, 0.717) is 11.7 Å². The van der Waals surface area contributed by atoms with Gasteiger partial charge in [0.2, 0.25) is 5.91 Å². The summed E-state index contributed by atoms with van der Waals surface area (Å²) in [5.41, 5.74) is 6.09. The summed E-state index contributed by atoms with van der Waals surface area (Å²) in [6.07, 6.45) is 10.4. The van der Waals surface area contributed by atoms with Crippen molar-refractivity contribution in [1.29, 1.82) is 0 Å². The Morgan fingerprint density at radius 1 is 1.25 bits per heavy atom. The molecule has 1 fully saturated rings. The molecule has 5 nitrogen and oxygen atoms in total. The number of nitrogens with two attached hydrogens (primary N) is 1. The molecule has 0 radical (unpaired) electrons. The van der Waals surface area contributed by atoms with Crippen LogP contribution in [0.3, 0.4) is 0 Å². The number of aromatic nitrogens is 2. The van der Waals surface area contributed by atoms with Crippen LogP contribution in [0.4, 0.5) is 0 Å². The molecule has 1 saturated carbocycles. The van der Waals surface area contributed by atoms with Crippen molar-refractivity contribution in [2.75, 3.05) is 0 Å². The van der Waals surface area contributed by atoms with Crippen molar-refractivity contribution in [3.8, 4) is 0 Å². The van der Waals surface area contributed by atoms with Gasteiger partial charge in [0, 0.05) is 18.4 Å². The molecular weight excluding hydrogens is 252 g/mol. The fourth-order valence-corrected chi connectivity index (χ4v) is 2.99. The summed E-state index contributed by atoms with van der Waals surface area (Å²) in [5.74, 6) is -0.398. The zero-order chi connectivity index (χ0) is 14.6. The monoisotopic (exact) mass is 276 g/mol. The van der Waals surface area contributed by atoms with Gasteiger partial charge in [0.05, 0.1) is 11.4 Å². The normalized spacial score (nSPS) is 20.1. The fourth-order valence-electron chi connectivity index (χ4n) is 2.99. The van der Waals surface area contributed by atoms with Gasteiger partial charge in [0.1, 0.15) is 5.54 Å². The largest absolute Gasteiger partial charge is 0.368 e. The molecule has 1 aromatic heterocycles. The lowest BCUT2D eigenvalue weighted by Gasteiger charge is -2.32. The Bertz CT molecular complexity index is 469. The molecule has 3 N–H and O–H groups in total. The third-order valence-corrected chi connectivity index (χ3v) is 4.20. The van der Waals surface area contributed by atoms with Gasteiger partial charge in [-0.2, -0.15) is 0 Å². The Balaban J connectivity index is 2.25. The van der Waals surface area contributed by atoms with E-state index in [-0.39, 0.29) is 0 Å². The van der Waals surface area contributed by atoms with Crippen LogP contribution >= 0.6 is 0 Å². The second kappa shape index (κ2) is 6.31. The average molecular weight is 276 g/mol. The summed E-state index contributed by atoms with van der Waals surface area (Å²) in [6.45, 7) is 3.68. The first-order valence-corrected chi connectivity index (χ1v) is 7.39. The molecule has 1 aliphatic carbocycles. The van der Waals surface area contributed by atoms with Crippen molar-refractivity contribution in [3.05, 3.63) is 23.8 Å². The van der Waals surface area contributed by atoms with Gasteiger partial charge in [-0.3, -0.25) is 20.1 Å². The molecule has 0 aliphatic heterocycles. The number of rotatable bonds is 4. The summed E-state index contributed by atoms with van der Waals surface area (Å²) in [7, 11) is 0. The van der Waals surface area contributed by atoms with Crippen LogP contribution in [0.1, 0.15) is 56.8 Å². The highest BCUT2D eigenvalue weighted by atomic mass is 16.1. The van der Waals surface area contributed by atoms with Crippen LogP contribution in [0.15, 0.2) is 12.4 Å². The SMILES string of the molecule is Cc1nccnc1C(C)(NC1CCCCCC1)C(N)=O. The van der Waals surface area contributed by atoms with Crippen LogP contribution in [0.5, 0.6) is 0 Å². The Labute approximate surface area is 120 Å². The van der Waals surface area contributed by atoms with E-state index < -0.39 is 11.4 Å². The minimum absolute atomic E-state index is 0.316. The van der Waals surface area contributed by atoms with E-state index in [1.54, 1.807) is 12.4 Å². The topological polar surface area (TPSA) is 80.9 Å². The molecule has 110 valence electrons. The Morgan fingerprint density at radius 3 is 2.40 bits per heavy atom. The molecule has 1 amide bonds. The third kappa shape index (κ3) is 3.15. The van der Waals surface area contributed by atoms with E-state index in [4.69, 9.17) is 5.73 Å². The van der Waals surface area contributed by atoms with Crippen molar-refractivity contribution >= 4 is 5.91 Å². The summed E-state index contributed by atoms with van der Waals surface area (Å²) < 4.78 is 0. The lowest BCUT2D eigenvalue weighted by molar-refractivity contribution is -0.124. The highest BCUT2D eigenvalue weighted by Gasteiger charge is 2.38. The van der Waals surface area contributed by atoms with Crippen LogP contribution in [0.25, 0.3) is 0 Å². The van der Waals surface area contributed by atoms with E-state index in [1.807, 2.05) is 13.8 Å². The Kier molecular flexibility index (Phi) is 4.70. The van der Waals surface area contributed by atoms with Gasteiger partial charge in [-0.15, -0.1) is 0 Å². The second-order valence-corrected chi connectivity index (χ2v) is 5.81. The van der Waals surface area contributed by atoms with E-state index >= 15 is 0 Å². The van der Waals surface area contributed by atoms with Gasteiger partial charge in [0.25, 0.3) is 0 Å². The highest BCUT2D eigenvalue weighted by Crippen LogP contribution is 2.25. The van der Waals surface area contributed by atoms with Crippen molar-refractivity contribution in [3.63, 3.8) is 0 Å². The standard InChI is InChI=1S/C15H24N4O/c1-11-13(18-10-9-17-11)15(2,14(16)20)19-12-7-5-3-4-6-8-12/h9-10,12,19H,3-8H2,1-2H3,(H2,16,20). The highest BCUT2D eigenvalue weighted by molar-refractivity contribution is 5.85. The molecule has 1 heterocycles. The number of amides is 1. The summed E-state index contributed by atoms with van der Waals surface area (Å²) >= 11 is 0. The molecule has 5 heteroatoms. The van der Waals surface area contributed by atoms with Gasteiger partial charge < -0.3 is 5.73 Å². The summed E-state index contributed by atoms with van der Waals surface area (Å²) in [6, 6.07) is 0.316. The minimum Gasteiger partial charge on any atom is -0.368 e. The number of aryl methyl sites for hydroxylation is 1. The van der Waals surface area contributed by atoms with Gasteiger partial charge in [-0.05, 0) is 26.7 Å². The lowest BCUT2D eigenvalue weighted by atomic mass is 9.92. The van der Waals surface area contributed by atoms with Crippen molar-refractivity contribution < 1.29 is 4.79 Å². The number of primary amides is 1. The maximum absolute atomic E-state index is 12.0. The Morgan fingerprint density at radius 2 is 1.85 bits per heavy atom. The van der Waals surface area contributed by atoms with Crippen LogP contribution in [0.2, 0.25) is 0 Å². The number of hydrogen-bond acceptors (Lipinski definition) is 4. The first-order valence-electron chi connectivity index (χ1n) is 7.39. The number of carbonyl (C=O) groups is 1. The minimum atomic E-state index is -0.951. The zero-order valence-electron chi connectivity index (χ0n) is 12.4. The van der Waals surface area contributed by atoms with Crippen LogP contribution in [0, 0.1) is 6.92 Å². The smallest absolute Gasteiger partial charge is 0.243 e. The number of carbonyl (C=O) groups excluding carboxylic acids is 1. The van der Waals surface area contributed by atoms with E-state index in [1.165, 1.54) is 25.7 Å². The number of nitrogens with one attached hydrogen (secondary N) is 1. The maximum atomic E-state index is 12.0. The third-order valence-electron chi connectivity index (χ3n) is 4.20. The van der Waals surface area contributed by atoms with Crippen molar-refractivity contribution in [2.24, 2.45) is 5.73 Å². The van der Waals surface area contributed by atoms with Crippen LogP contribution in [-0.4, -0.2) is 21.9 Å². The predicted molar refractivity (Wildman–Crippen MR) is 77.9 cm³/mol. The molecule has 0 bridgehead atoms. The molecule has 1 aromatic rings. The molecule has 1 aliphatic rings. The fraction of sp³-hybridized carbons (Fsp3) is 0.667. The molecule has 0 spiro atoms. The van der Waals surface area contributed by atoms with Gasteiger partial charge in [0.15, 0.2) is 0 Å². The van der Waals surface area contributed by atoms with E-state index in [9.17, 15) is 4.79 Å². The van der Waals surface area contributed by atoms with Crippen LogP contribution < -0.4 is 11.1 Å². The summed E-state index contributed by atoms with van der Waals surface area (Å²) in [5, 5.41) is 3.45. The van der Waals surface area contributed by atoms with Crippen molar-refractivity contribution in [2.45, 2.75) is 64.0 Å². The molecule has 1 unspecified atom stereocenters. The average Bonchev–Trinajstić information content (AvgIpc) is 2.67. The first-order chi connectivity index (χ1) is 9.54. The molecular formula is C15H24N4O. The molecule has 2 rings (SSSR count). The Hall–Kier alpha value is -1.49. The molecule has 1 atom stereocenters. The zero-order valence-corrected chi connectivity index (χ0v) is 12.4. The molecule has 0 saturated heterocycles. The van der Waals surface area contributed by atoms with Crippen LogP contribution in [-0.2, 0) is 10.3 Å². The van der Waals surface area contributed by atoms with E-state index in [0.717, 1.165) is 18.5 Å². The molecule has 0 aromatic carbocycles. The lowest BCUT2D eigenvalue weighted by Crippen LogP contribution is -2.55.